The maximum Gasteiger partial charge on any atom is 0.162 e. The SMILES string of the molecule is COc1cc2ncnc(C)c2cc1OCCCN1CCOCC1. The molecule has 1 aliphatic heterocycles. The fourth-order valence-corrected chi connectivity index (χ4v) is 2.76. The summed E-state index contributed by atoms with van der Waals surface area (Å²) in [5, 5.41) is 0.997. The van der Waals surface area contributed by atoms with Gasteiger partial charge in [-0.25, -0.2) is 9.97 Å². The van der Waals surface area contributed by atoms with Gasteiger partial charge in [-0.05, 0) is 19.4 Å². The van der Waals surface area contributed by atoms with Gasteiger partial charge in [-0.2, -0.15) is 0 Å². The van der Waals surface area contributed by atoms with Gasteiger partial charge >= 0.3 is 0 Å². The van der Waals surface area contributed by atoms with Gasteiger partial charge in [-0.3, -0.25) is 4.90 Å². The van der Waals surface area contributed by atoms with E-state index in [1.165, 1.54) is 0 Å². The lowest BCUT2D eigenvalue weighted by molar-refractivity contribution is 0.0357. The molecule has 6 heteroatoms. The highest BCUT2D eigenvalue weighted by atomic mass is 16.5. The van der Waals surface area contributed by atoms with Crippen LogP contribution in [0.2, 0.25) is 0 Å². The van der Waals surface area contributed by atoms with Gasteiger partial charge in [0.2, 0.25) is 0 Å². The number of benzene rings is 1. The van der Waals surface area contributed by atoms with E-state index in [1.54, 1.807) is 13.4 Å². The van der Waals surface area contributed by atoms with Gasteiger partial charge in [0.1, 0.15) is 6.33 Å². The van der Waals surface area contributed by atoms with Gasteiger partial charge in [0, 0.05) is 36.8 Å². The highest BCUT2D eigenvalue weighted by Gasteiger charge is 2.12. The zero-order valence-corrected chi connectivity index (χ0v) is 13.7. The highest BCUT2D eigenvalue weighted by Crippen LogP contribution is 2.32. The molecular weight excluding hydrogens is 294 g/mol. The molecular formula is C17H23N3O3. The summed E-state index contributed by atoms with van der Waals surface area (Å²) in [6.07, 6.45) is 2.55. The number of aromatic nitrogens is 2. The average molecular weight is 317 g/mol. The van der Waals surface area contributed by atoms with E-state index in [-0.39, 0.29) is 0 Å². The predicted octanol–water partition coefficient (Wildman–Crippen LogP) is 2.05. The Morgan fingerprint density at radius 3 is 2.78 bits per heavy atom. The molecule has 0 bridgehead atoms. The summed E-state index contributed by atoms with van der Waals surface area (Å²) in [6, 6.07) is 3.87. The molecule has 2 heterocycles. The van der Waals surface area contributed by atoms with Gasteiger partial charge in [0.25, 0.3) is 0 Å². The number of ether oxygens (including phenoxy) is 3. The van der Waals surface area contributed by atoms with Gasteiger partial charge < -0.3 is 14.2 Å². The zero-order chi connectivity index (χ0) is 16.1. The number of morpholine rings is 1. The lowest BCUT2D eigenvalue weighted by Crippen LogP contribution is -2.37. The van der Waals surface area contributed by atoms with Gasteiger partial charge in [0.15, 0.2) is 11.5 Å². The van der Waals surface area contributed by atoms with Crippen molar-refractivity contribution in [1.29, 1.82) is 0 Å². The van der Waals surface area contributed by atoms with Crippen molar-refractivity contribution in [2.45, 2.75) is 13.3 Å². The van der Waals surface area contributed by atoms with E-state index in [9.17, 15) is 0 Å². The average Bonchev–Trinajstić information content (AvgIpc) is 2.59. The topological polar surface area (TPSA) is 56.7 Å². The van der Waals surface area contributed by atoms with Crippen LogP contribution in [-0.4, -0.2) is 61.4 Å². The van der Waals surface area contributed by atoms with Crippen LogP contribution in [0.25, 0.3) is 10.9 Å². The van der Waals surface area contributed by atoms with Crippen molar-refractivity contribution < 1.29 is 14.2 Å². The van der Waals surface area contributed by atoms with E-state index < -0.39 is 0 Å². The standard InChI is InChI=1S/C17H23N3O3/c1-13-14-10-17(16(21-2)11-15(14)19-12-18-13)23-7-3-4-20-5-8-22-9-6-20/h10-12H,3-9H2,1-2H3. The second-order valence-corrected chi connectivity index (χ2v) is 5.64. The van der Waals surface area contributed by atoms with E-state index in [0.29, 0.717) is 12.4 Å². The molecule has 0 spiro atoms. The summed E-state index contributed by atoms with van der Waals surface area (Å²) in [5.74, 6) is 1.46. The molecule has 0 aliphatic carbocycles. The second-order valence-electron chi connectivity index (χ2n) is 5.64. The molecule has 1 aromatic carbocycles. The molecule has 1 saturated heterocycles. The monoisotopic (exact) mass is 317 g/mol. The zero-order valence-electron chi connectivity index (χ0n) is 13.7. The van der Waals surface area contributed by atoms with E-state index in [4.69, 9.17) is 14.2 Å². The number of rotatable bonds is 6. The lowest BCUT2D eigenvalue weighted by atomic mass is 10.2. The van der Waals surface area contributed by atoms with Crippen LogP contribution in [0.5, 0.6) is 11.5 Å². The Morgan fingerprint density at radius 1 is 1.17 bits per heavy atom. The Hall–Kier alpha value is -1.92. The molecule has 0 atom stereocenters. The molecule has 0 radical (unpaired) electrons. The molecule has 1 aliphatic rings. The smallest absolute Gasteiger partial charge is 0.162 e. The van der Waals surface area contributed by atoms with Crippen LogP contribution in [0.1, 0.15) is 12.1 Å². The Labute approximate surface area is 136 Å². The van der Waals surface area contributed by atoms with Crippen LogP contribution in [0.3, 0.4) is 0 Å². The second kappa shape index (κ2) is 7.57. The molecule has 0 N–H and O–H groups in total. The van der Waals surface area contributed by atoms with E-state index >= 15 is 0 Å². The minimum absolute atomic E-state index is 0.659. The van der Waals surface area contributed by atoms with Crippen LogP contribution in [-0.2, 0) is 4.74 Å². The first-order chi connectivity index (χ1) is 11.3. The third kappa shape index (κ3) is 3.89. The van der Waals surface area contributed by atoms with Crippen molar-refractivity contribution in [2.75, 3.05) is 46.6 Å². The summed E-state index contributed by atoms with van der Waals surface area (Å²) in [5.41, 5.74) is 1.81. The van der Waals surface area contributed by atoms with Crippen LogP contribution >= 0.6 is 0 Å². The number of aryl methyl sites for hydroxylation is 1. The summed E-state index contributed by atoms with van der Waals surface area (Å²) >= 11 is 0. The van der Waals surface area contributed by atoms with E-state index in [2.05, 4.69) is 14.9 Å². The van der Waals surface area contributed by atoms with E-state index in [0.717, 1.165) is 61.6 Å². The third-order valence-corrected chi connectivity index (χ3v) is 4.10. The van der Waals surface area contributed by atoms with Crippen molar-refractivity contribution in [3.05, 3.63) is 24.2 Å². The van der Waals surface area contributed by atoms with Crippen LogP contribution in [0, 0.1) is 6.92 Å². The molecule has 0 saturated carbocycles. The molecule has 0 unspecified atom stereocenters. The fourth-order valence-electron chi connectivity index (χ4n) is 2.76. The maximum atomic E-state index is 5.94. The Morgan fingerprint density at radius 2 is 2.00 bits per heavy atom. The summed E-state index contributed by atoms with van der Waals surface area (Å²) in [7, 11) is 1.65. The Bertz CT molecular complexity index is 657. The number of methoxy groups -OCH3 is 1. The summed E-state index contributed by atoms with van der Waals surface area (Å²) in [6.45, 7) is 7.34. The Kier molecular flexibility index (Phi) is 5.25. The Balaban J connectivity index is 1.63. The number of hydrogen-bond acceptors (Lipinski definition) is 6. The van der Waals surface area contributed by atoms with E-state index in [1.807, 2.05) is 19.1 Å². The van der Waals surface area contributed by atoms with Crippen LogP contribution in [0.15, 0.2) is 18.5 Å². The molecule has 3 rings (SSSR count). The van der Waals surface area contributed by atoms with Crippen molar-refractivity contribution in [3.63, 3.8) is 0 Å². The minimum Gasteiger partial charge on any atom is -0.493 e. The molecule has 1 aromatic heterocycles. The molecule has 6 nitrogen and oxygen atoms in total. The van der Waals surface area contributed by atoms with Crippen molar-refractivity contribution in [1.82, 2.24) is 14.9 Å². The predicted molar refractivity (Wildman–Crippen MR) is 88.2 cm³/mol. The van der Waals surface area contributed by atoms with Crippen LogP contribution in [0.4, 0.5) is 0 Å². The molecule has 0 amide bonds. The lowest BCUT2D eigenvalue weighted by Gasteiger charge is -2.26. The largest absolute Gasteiger partial charge is 0.493 e. The van der Waals surface area contributed by atoms with Crippen molar-refractivity contribution in [3.8, 4) is 11.5 Å². The quantitative estimate of drug-likeness (QED) is 0.760. The molecule has 23 heavy (non-hydrogen) atoms. The number of hydrogen-bond donors (Lipinski definition) is 0. The molecule has 1 fully saturated rings. The highest BCUT2D eigenvalue weighted by molar-refractivity contribution is 5.84. The first kappa shape index (κ1) is 16.0. The number of fused-ring (bicyclic) bond motifs is 1. The van der Waals surface area contributed by atoms with Crippen molar-refractivity contribution >= 4 is 10.9 Å². The summed E-state index contributed by atoms with van der Waals surface area (Å²) in [4.78, 5) is 10.9. The van der Waals surface area contributed by atoms with Crippen LogP contribution < -0.4 is 9.47 Å². The fraction of sp³-hybridized carbons (Fsp3) is 0.529. The molecule has 2 aromatic rings. The third-order valence-electron chi connectivity index (χ3n) is 4.10. The number of nitrogens with zero attached hydrogens (tertiary/aromatic N) is 3. The maximum absolute atomic E-state index is 5.94. The van der Waals surface area contributed by atoms with Gasteiger partial charge in [0.05, 0.1) is 32.4 Å². The first-order valence-electron chi connectivity index (χ1n) is 8.00. The van der Waals surface area contributed by atoms with Gasteiger partial charge in [-0.1, -0.05) is 0 Å². The van der Waals surface area contributed by atoms with Gasteiger partial charge in [-0.15, -0.1) is 0 Å². The first-order valence-corrected chi connectivity index (χ1v) is 8.00. The summed E-state index contributed by atoms with van der Waals surface area (Å²) < 4.78 is 16.7. The normalized spacial score (nSPS) is 15.7. The molecule has 124 valence electrons. The minimum atomic E-state index is 0.659. The van der Waals surface area contributed by atoms with Crippen molar-refractivity contribution in [2.24, 2.45) is 0 Å².